The highest BCUT2D eigenvalue weighted by Gasteiger charge is 2.34. The normalized spacial score (nSPS) is 17.9. The fourth-order valence-electron chi connectivity index (χ4n) is 4.54. The van der Waals surface area contributed by atoms with E-state index in [4.69, 9.17) is 9.47 Å². The zero-order valence-corrected chi connectivity index (χ0v) is 24.1. The molecule has 0 heterocycles. The predicted molar refractivity (Wildman–Crippen MR) is 155 cm³/mol. The maximum atomic E-state index is 11.6. The summed E-state index contributed by atoms with van der Waals surface area (Å²) in [5.74, 6) is 0.422. The highest BCUT2D eigenvalue weighted by atomic mass is 79.9. The first-order valence-electron chi connectivity index (χ1n) is 13.7. The van der Waals surface area contributed by atoms with Gasteiger partial charge in [0.2, 0.25) is 0 Å². The summed E-state index contributed by atoms with van der Waals surface area (Å²) in [5.41, 5.74) is 2.76. The van der Waals surface area contributed by atoms with Crippen molar-refractivity contribution in [2.75, 3.05) is 13.2 Å². The second-order valence-electron chi connectivity index (χ2n) is 10.0. The maximum absolute atomic E-state index is 11.6. The lowest BCUT2D eigenvalue weighted by molar-refractivity contribution is -0.132. The van der Waals surface area contributed by atoms with Gasteiger partial charge in [-0.15, -0.1) is 0 Å². The Hall–Kier alpha value is -2.37. The van der Waals surface area contributed by atoms with E-state index < -0.39 is 11.6 Å². The predicted octanol–water partition coefficient (Wildman–Crippen LogP) is 9.08. The zero-order chi connectivity index (χ0) is 26.7. The fraction of sp³-hybridized carbons (Fsp3) is 0.469. The molecule has 0 saturated carbocycles. The molecule has 0 aromatic heterocycles. The summed E-state index contributed by atoms with van der Waals surface area (Å²) >= 11 is 3.71. The van der Waals surface area contributed by atoms with Gasteiger partial charge in [-0.3, -0.25) is 0 Å². The molecule has 2 aromatic rings. The minimum Gasteiger partial charge on any atom is -0.492 e. The second kappa shape index (κ2) is 14.5. The number of aliphatic carboxylic acids is 1. The van der Waals surface area contributed by atoms with Crippen LogP contribution in [0, 0.1) is 5.92 Å². The van der Waals surface area contributed by atoms with Crippen molar-refractivity contribution in [3.05, 3.63) is 76.3 Å². The number of carboxylic acids is 1. The number of ether oxygens (including phenoxy) is 2. The molecule has 1 N–H and O–H groups in total. The third kappa shape index (κ3) is 8.05. The van der Waals surface area contributed by atoms with E-state index in [1.165, 1.54) is 25.7 Å². The summed E-state index contributed by atoms with van der Waals surface area (Å²) < 4.78 is 13.6. The Morgan fingerprint density at radius 1 is 1.08 bits per heavy atom. The molecule has 0 saturated heterocycles. The number of benzene rings is 2. The van der Waals surface area contributed by atoms with E-state index in [-0.39, 0.29) is 0 Å². The van der Waals surface area contributed by atoms with Gasteiger partial charge < -0.3 is 14.6 Å². The van der Waals surface area contributed by atoms with E-state index in [2.05, 4.69) is 61.0 Å². The van der Waals surface area contributed by atoms with Gasteiger partial charge in [-0.25, -0.2) is 4.79 Å². The summed E-state index contributed by atoms with van der Waals surface area (Å²) in [6.45, 7) is 7.90. The molecule has 0 radical (unpaired) electrons. The molecule has 0 fully saturated rings. The van der Waals surface area contributed by atoms with Gasteiger partial charge in [0.05, 0.1) is 16.7 Å². The molecule has 0 aliphatic heterocycles. The Kier molecular flexibility index (Phi) is 11.5. The molecule has 1 aliphatic carbocycles. The standard InChI is InChI=1S/C32H41BrO4/c1-4-6-7-8-9-12-21-37-32(19-17-25(18-20-32)31(34)35)28-14-11-10-13-27(28)26-15-16-30(29(33)22-26)36-23-24(3)5-2/h10-11,13-19,22,24H,4-9,12,20-21,23H2,1-3H3,(H,34,35). The molecule has 5 heteroatoms. The maximum Gasteiger partial charge on any atom is 0.335 e. The molecule has 0 bridgehead atoms. The van der Waals surface area contributed by atoms with Gasteiger partial charge in [0, 0.05) is 13.0 Å². The molecule has 37 heavy (non-hydrogen) atoms. The molecule has 2 aromatic carbocycles. The lowest BCUT2D eigenvalue weighted by Crippen LogP contribution is -2.30. The van der Waals surface area contributed by atoms with Gasteiger partial charge in [-0.1, -0.05) is 95.7 Å². The monoisotopic (exact) mass is 568 g/mol. The molecule has 1 aliphatic rings. The number of carboxylic acid groups (broad SMARTS) is 1. The van der Waals surface area contributed by atoms with Crippen molar-refractivity contribution < 1.29 is 19.4 Å². The molecule has 2 atom stereocenters. The van der Waals surface area contributed by atoms with Crippen molar-refractivity contribution in [1.29, 1.82) is 0 Å². The Morgan fingerprint density at radius 3 is 2.51 bits per heavy atom. The summed E-state index contributed by atoms with van der Waals surface area (Å²) in [6.07, 6.45) is 14.1. The van der Waals surface area contributed by atoms with Crippen LogP contribution in [0.4, 0.5) is 0 Å². The molecule has 0 amide bonds. The van der Waals surface area contributed by atoms with Crippen LogP contribution >= 0.6 is 15.9 Å². The Labute approximate surface area is 230 Å². The number of halogens is 1. The number of carbonyl (C=O) groups is 1. The van der Waals surface area contributed by atoms with E-state index in [1.54, 1.807) is 12.2 Å². The first-order chi connectivity index (χ1) is 17.9. The van der Waals surface area contributed by atoms with Gasteiger partial charge in [-0.05, 0) is 69.2 Å². The Balaban J connectivity index is 1.86. The Morgan fingerprint density at radius 2 is 1.84 bits per heavy atom. The number of unbranched alkanes of at least 4 members (excludes halogenated alkanes) is 5. The molecular weight excluding hydrogens is 528 g/mol. The SMILES string of the molecule is CCCCCCCCOC1(c2ccccc2-c2ccc(OCC(C)CC)c(Br)c2)C=CC(C(=O)O)=CC1. The van der Waals surface area contributed by atoms with Crippen LogP contribution < -0.4 is 4.74 Å². The molecule has 4 nitrogen and oxygen atoms in total. The highest BCUT2D eigenvalue weighted by molar-refractivity contribution is 9.10. The number of rotatable bonds is 15. The first kappa shape index (κ1) is 29.2. The lowest BCUT2D eigenvalue weighted by Gasteiger charge is -2.34. The molecule has 200 valence electrons. The van der Waals surface area contributed by atoms with Crippen LogP contribution in [0.25, 0.3) is 11.1 Å². The number of hydrogen-bond acceptors (Lipinski definition) is 3. The van der Waals surface area contributed by atoms with Crippen LogP contribution in [0.15, 0.2) is 70.7 Å². The van der Waals surface area contributed by atoms with Crippen LogP contribution in [0.3, 0.4) is 0 Å². The van der Waals surface area contributed by atoms with E-state index in [9.17, 15) is 9.90 Å². The Bertz CT molecular complexity index is 1090. The van der Waals surface area contributed by atoms with Crippen molar-refractivity contribution in [2.45, 2.75) is 77.7 Å². The number of hydrogen-bond donors (Lipinski definition) is 1. The van der Waals surface area contributed by atoms with Crippen LogP contribution in [0.1, 0.15) is 77.7 Å². The smallest absolute Gasteiger partial charge is 0.335 e. The van der Waals surface area contributed by atoms with E-state index in [0.29, 0.717) is 31.1 Å². The van der Waals surface area contributed by atoms with Gasteiger partial charge in [0.1, 0.15) is 11.4 Å². The summed E-state index contributed by atoms with van der Waals surface area (Å²) in [7, 11) is 0. The van der Waals surface area contributed by atoms with Crippen molar-refractivity contribution in [1.82, 2.24) is 0 Å². The molecule has 0 spiro atoms. The van der Waals surface area contributed by atoms with Crippen LogP contribution in [-0.2, 0) is 15.1 Å². The minimum atomic E-state index is -0.911. The third-order valence-corrected chi connectivity index (χ3v) is 7.73. The summed E-state index contributed by atoms with van der Waals surface area (Å²) in [6, 6.07) is 14.5. The minimum absolute atomic E-state index is 0.307. The van der Waals surface area contributed by atoms with Gasteiger partial charge >= 0.3 is 5.97 Å². The summed E-state index contributed by atoms with van der Waals surface area (Å²) in [4.78, 5) is 11.6. The zero-order valence-electron chi connectivity index (χ0n) is 22.5. The van der Waals surface area contributed by atoms with Crippen molar-refractivity contribution in [3.8, 4) is 16.9 Å². The van der Waals surface area contributed by atoms with Gasteiger partial charge in [0.15, 0.2) is 0 Å². The van der Waals surface area contributed by atoms with Crippen LogP contribution in [0.5, 0.6) is 5.75 Å². The third-order valence-electron chi connectivity index (χ3n) is 7.11. The van der Waals surface area contributed by atoms with Gasteiger partial charge in [0.25, 0.3) is 0 Å². The van der Waals surface area contributed by atoms with E-state index in [0.717, 1.165) is 46.2 Å². The second-order valence-corrected chi connectivity index (χ2v) is 10.9. The first-order valence-corrected chi connectivity index (χ1v) is 14.5. The summed E-state index contributed by atoms with van der Waals surface area (Å²) in [5, 5.41) is 9.50. The largest absolute Gasteiger partial charge is 0.492 e. The van der Waals surface area contributed by atoms with E-state index in [1.807, 2.05) is 24.3 Å². The van der Waals surface area contributed by atoms with Crippen LogP contribution in [0.2, 0.25) is 0 Å². The fourth-order valence-corrected chi connectivity index (χ4v) is 5.03. The average Bonchev–Trinajstić information content (AvgIpc) is 2.92. The molecular formula is C32H41BrO4. The van der Waals surface area contributed by atoms with Crippen molar-refractivity contribution in [3.63, 3.8) is 0 Å². The lowest BCUT2D eigenvalue weighted by atomic mass is 9.81. The quantitative estimate of drug-likeness (QED) is 0.217. The van der Waals surface area contributed by atoms with Crippen molar-refractivity contribution >= 4 is 21.9 Å². The van der Waals surface area contributed by atoms with Crippen molar-refractivity contribution in [2.24, 2.45) is 5.92 Å². The van der Waals surface area contributed by atoms with E-state index >= 15 is 0 Å². The van der Waals surface area contributed by atoms with Crippen LogP contribution in [-0.4, -0.2) is 24.3 Å². The average molecular weight is 570 g/mol. The van der Waals surface area contributed by atoms with Gasteiger partial charge in [-0.2, -0.15) is 0 Å². The topological polar surface area (TPSA) is 55.8 Å². The molecule has 2 unspecified atom stereocenters. The highest BCUT2D eigenvalue weighted by Crippen LogP contribution is 2.42. The molecule has 3 rings (SSSR count).